The summed E-state index contributed by atoms with van der Waals surface area (Å²) in [6, 6.07) is 20.9. The predicted octanol–water partition coefficient (Wildman–Crippen LogP) is 4.85. The van der Waals surface area contributed by atoms with Crippen LogP contribution < -0.4 is 5.32 Å². The van der Waals surface area contributed by atoms with Crippen molar-refractivity contribution >= 4 is 50.1 Å². The zero-order valence-electron chi connectivity index (χ0n) is 16.9. The topological polar surface area (TPSA) is 58.1 Å². The second-order valence-electron chi connectivity index (χ2n) is 8.09. The molecule has 4 atom stereocenters. The standard InChI is InChI=1S/C23H23BrN4OS2/c24-20-17-12-18(21(20)28(14-17)13-16-9-5-2-6-10-16)30-23-27-26-22(31-23)25-19(29)11-15-7-3-1-4-8-15/h1-10,17-18,20-21H,11-14H2,(H,25,26,29)/t17-,18+,20+,21+/m0/s1. The summed E-state index contributed by atoms with van der Waals surface area (Å²) in [5, 5.41) is 12.5. The second kappa shape index (κ2) is 9.40. The number of rotatable bonds is 7. The molecule has 1 aliphatic heterocycles. The number of thioether (sulfide) groups is 1. The molecule has 5 rings (SSSR count). The summed E-state index contributed by atoms with van der Waals surface area (Å²) in [5.74, 6) is 0.609. The van der Waals surface area contributed by atoms with Gasteiger partial charge in [0, 0.05) is 29.2 Å². The molecule has 5 nitrogen and oxygen atoms in total. The molecule has 0 spiro atoms. The van der Waals surface area contributed by atoms with Gasteiger partial charge in [0.05, 0.1) is 6.42 Å². The van der Waals surface area contributed by atoms with Crippen LogP contribution in [0, 0.1) is 5.92 Å². The smallest absolute Gasteiger partial charge is 0.230 e. The van der Waals surface area contributed by atoms with E-state index in [2.05, 4.69) is 66.7 Å². The van der Waals surface area contributed by atoms with Gasteiger partial charge in [0.2, 0.25) is 11.0 Å². The van der Waals surface area contributed by atoms with Crippen molar-refractivity contribution in [2.75, 3.05) is 11.9 Å². The van der Waals surface area contributed by atoms with Crippen LogP contribution in [0.2, 0.25) is 0 Å². The van der Waals surface area contributed by atoms with Crippen LogP contribution in [-0.2, 0) is 17.8 Å². The van der Waals surface area contributed by atoms with Gasteiger partial charge in [-0.3, -0.25) is 9.69 Å². The monoisotopic (exact) mass is 514 g/mol. The van der Waals surface area contributed by atoms with Crippen LogP contribution in [0.4, 0.5) is 5.13 Å². The van der Waals surface area contributed by atoms with Gasteiger partial charge in [0.1, 0.15) is 0 Å². The average molecular weight is 516 g/mol. The van der Waals surface area contributed by atoms with Crippen LogP contribution in [0.25, 0.3) is 0 Å². The SMILES string of the molecule is O=C(Cc1ccccc1)Nc1nnc(S[C@@H]2C[C@H]3CN(Cc4ccccc4)[C@H]2[C@@H]3Br)s1. The quantitative estimate of drug-likeness (QED) is 0.360. The van der Waals surface area contributed by atoms with Gasteiger partial charge < -0.3 is 5.32 Å². The van der Waals surface area contributed by atoms with E-state index in [9.17, 15) is 4.79 Å². The molecule has 1 amide bonds. The van der Waals surface area contributed by atoms with Crippen molar-refractivity contribution in [3.8, 4) is 0 Å². The number of halogens is 1. The first-order chi connectivity index (χ1) is 15.2. The van der Waals surface area contributed by atoms with E-state index in [1.54, 1.807) is 11.8 Å². The molecule has 2 aromatic carbocycles. The molecule has 1 N–H and O–H groups in total. The lowest BCUT2D eigenvalue weighted by molar-refractivity contribution is -0.115. The number of aromatic nitrogens is 2. The normalized spacial score (nSPS) is 25.1. The van der Waals surface area contributed by atoms with Crippen LogP contribution in [-0.4, -0.2) is 43.7 Å². The molecule has 3 aromatic rings. The molecule has 1 aromatic heterocycles. The first-order valence-electron chi connectivity index (χ1n) is 10.4. The molecule has 1 saturated carbocycles. The molecule has 160 valence electrons. The molecule has 31 heavy (non-hydrogen) atoms. The number of benzene rings is 2. The van der Waals surface area contributed by atoms with Crippen LogP contribution in [0.3, 0.4) is 0 Å². The highest BCUT2D eigenvalue weighted by molar-refractivity contribution is 9.09. The van der Waals surface area contributed by atoms with Crippen molar-refractivity contribution in [1.82, 2.24) is 15.1 Å². The van der Waals surface area contributed by atoms with Crippen molar-refractivity contribution in [2.24, 2.45) is 5.92 Å². The number of nitrogens with one attached hydrogen (secondary N) is 1. The van der Waals surface area contributed by atoms with Gasteiger partial charge in [-0.05, 0) is 23.5 Å². The van der Waals surface area contributed by atoms with E-state index in [0.717, 1.165) is 23.0 Å². The molecule has 0 radical (unpaired) electrons. The van der Waals surface area contributed by atoms with Gasteiger partial charge >= 0.3 is 0 Å². The summed E-state index contributed by atoms with van der Waals surface area (Å²) in [5.41, 5.74) is 2.35. The van der Waals surface area contributed by atoms with Gasteiger partial charge in [-0.25, -0.2) is 0 Å². The summed E-state index contributed by atoms with van der Waals surface area (Å²) < 4.78 is 0.923. The van der Waals surface area contributed by atoms with Crippen LogP contribution in [0.15, 0.2) is 65.0 Å². The van der Waals surface area contributed by atoms with Gasteiger partial charge in [0.15, 0.2) is 4.34 Å². The number of carbonyl (C=O) groups is 1. The predicted molar refractivity (Wildman–Crippen MR) is 130 cm³/mol. The fourth-order valence-electron chi connectivity index (χ4n) is 4.57. The van der Waals surface area contributed by atoms with E-state index in [-0.39, 0.29) is 5.91 Å². The van der Waals surface area contributed by atoms with Gasteiger partial charge in [0.25, 0.3) is 0 Å². The number of anilines is 1. The maximum atomic E-state index is 12.3. The summed E-state index contributed by atoms with van der Waals surface area (Å²) in [7, 11) is 0. The molecular weight excluding hydrogens is 492 g/mol. The molecule has 8 heteroatoms. The highest BCUT2D eigenvalue weighted by Crippen LogP contribution is 2.49. The Morgan fingerprint density at radius 3 is 2.52 bits per heavy atom. The van der Waals surface area contributed by atoms with Gasteiger partial charge in [-0.2, -0.15) is 0 Å². The number of carbonyl (C=O) groups excluding carboxylic acids is 1. The van der Waals surface area contributed by atoms with Crippen LogP contribution >= 0.6 is 39.0 Å². The summed E-state index contributed by atoms with van der Waals surface area (Å²) >= 11 is 7.24. The molecule has 2 heterocycles. The molecule has 2 aliphatic rings. The lowest BCUT2D eigenvalue weighted by Crippen LogP contribution is -2.40. The Bertz CT molecular complexity index is 1030. The molecular formula is C23H23BrN4OS2. The minimum atomic E-state index is -0.0617. The number of hydrogen-bond acceptors (Lipinski definition) is 6. The number of alkyl halides is 1. The van der Waals surface area contributed by atoms with Crippen molar-refractivity contribution in [3.05, 3.63) is 71.8 Å². The first kappa shape index (κ1) is 21.1. The minimum Gasteiger partial charge on any atom is -0.300 e. The Hall–Kier alpha value is -1.74. The highest BCUT2D eigenvalue weighted by Gasteiger charge is 2.51. The van der Waals surface area contributed by atoms with E-state index in [1.165, 1.54) is 23.3 Å². The minimum absolute atomic E-state index is 0.0617. The molecule has 2 fully saturated rings. The Morgan fingerprint density at radius 2 is 1.81 bits per heavy atom. The number of likely N-dealkylation sites (tertiary alicyclic amines) is 1. The number of amides is 1. The van der Waals surface area contributed by atoms with Gasteiger partial charge in [-0.15, -0.1) is 10.2 Å². The Morgan fingerprint density at radius 1 is 1.10 bits per heavy atom. The third-order valence-electron chi connectivity index (χ3n) is 5.92. The number of hydrogen-bond donors (Lipinski definition) is 1. The maximum absolute atomic E-state index is 12.3. The molecule has 1 aliphatic carbocycles. The average Bonchev–Trinajstić information content (AvgIpc) is 3.42. The van der Waals surface area contributed by atoms with E-state index in [1.807, 2.05) is 30.3 Å². The van der Waals surface area contributed by atoms with E-state index in [4.69, 9.17) is 0 Å². The highest BCUT2D eigenvalue weighted by atomic mass is 79.9. The summed E-state index contributed by atoms with van der Waals surface area (Å²) in [6.07, 6.45) is 1.53. The molecule has 1 saturated heterocycles. The summed E-state index contributed by atoms with van der Waals surface area (Å²) in [6.45, 7) is 2.13. The Balaban J connectivity index is 1.19. The van der Waals surface area contributed by atoms with E-state index >= 15 is 0 Å². The number of nitrogens with zero attached hydrogens (tertiary/aromatic N) is 3. The first-order valence-corrected chi connectivity index (χ1v) is 13.0. The van der Waals surface area contributed by atoms with Crippen LogP contribution in [0.5, 0.6) is 0 Å². The number of piperidine rings is 1. The van der Waals surface area contributed by atoms with Crippen LogP contribution in [0.1, 0.15) is 17.5 Å². The number of fused-ring (bicyclic) bond motifs is 2. The lowest BCUT2D eigenvalue weighted by atomic mass is 10.1. The third-order valence-corrected chi connectivity index (χ3v) is 9.44. The zero-order chi connectivity index (χ0) is 21.2. The fourth-order valence-corrected chi connectivity index (χ4v) is 8.33. The fraction of sp³-hybridized carbons (Fsp3) is 0.348. The second-order valence-corrected chi connectivity index (χ2v) is 11.6. The van der Waals surface area contributed by atoms with Crippen molar-refractivity contribution < 1.29 is 4.79 Å². The zero-order valence-corrected chi connectivity index (χ0v) is 20.1. The molecule has 0 unspecified atom stereocenters. The Labute approximate surface area is 198 Å². The van der Waals surface area contributed by atoms with E-state index in [0.29, 0.717) is 33.6 Å². The Kier molecular flexibility index (Phi) is 6.41. The van der Waals surface area contributed by atoms with Crippen molar-refractivity contribution in [3.63, 3.8) is 0 Å². The van der Waals surface area contributed by atoms with Gasteiger partial charge in [-0.1, -0.05) is 99.7 Å². The largest absolute Gasteiger partial charge is 0.300 e. The third kappa shape index (κ3) is 4.87. The maximum Gasteiger partial charge on any atom is 0.230 e. The molecule has 2 bridgehead atoms. The van der Waals surface area contributed by atoms with Crippen molar-refractivity contribution in [1.29, 1.82) is 0 Å². The summed E-state index contributed by atoms with van der Waals surface area (Å²) in [4.78, 5) is 15.4. The van der Waals surface area contributed by atoms with Crippen molar-refractivity contribution in [2.45, 2.75) is 39.8 Å². The van der Waals surface area contributed by atoms with E-state index < -0.39 is 0 Å². The lowest BCUT2D eigenvalue weighted by Gasteiger charge is -2.32.